The molecule has 2 N–H and O–H groups in total. The second-order valence-electron chi connectivity index (χ2n) is 5.19. The molecule has 2 nitrogen and oxygen atoms in total. The smallest absolute Gasteiger partial charge is 0.0869 e. The molecule has 0 aromatic carbocycles. The van der Waals surface area contributed by atoms with Crippen molar-refractivity contribution in [3.63, 3.8) is 0 Å². The van der Waals surface area contributed by atoms with Crippen LogP contribution in [0.1, 0.15) is 27.2 Å². The lowest BCUT2D eigenvalue weighted by Crippen LogP contribution is -2.43. The quantitative estimate of drug-likeness (QED) is 0.729. The topological polar surface area (TPSA) is 32.3 Å². The molecule has 3 heteroatoms. The maximum absolute atomic E-state index is 10.0. The van der Waals surface area contributed by atoms with E-state index in [0.29, 0.717) is 5.41 Å². The van der Waals surface area contributed by atoms with Crippen molar-refractivity contribution in [2.75, 3.05) is 24.6 Å². The second kappa shape index (κ2) is 4.20. The van der Waals surface area contributed by atoms with Gasteiger partial charge in [0.05, 0.1) is 5.60 Å². The highest BCUT2D eigenvalue weighted by atomic mass is 32.2. The normalized spacial score (nSPS) is 29.5. The molecule has 1 aliphatic heterocycles. The Balaban J connectivity index is 2.18. The fourth-order valence-corrected chi connectivity index (χ4v) is 2.70. The van der Waals surface area contributed by atoms with Crippen LogP contribution in [0.2, 0.25) is 0 Å². The van der Waals surface area contributed by atoms with E-state index in [1.807, 2.05) is 11.8 Å². The molecule has 78 valence electrons. The summed E-state index contributed by atoms with van der Waals surface area (Å²) in [7, 11) is 0. The van der Waals surface area contributed by atoms with Crippen molar-refractivity contribution in [3.05, 3.63) is 0 Å². The zero-order chi connectivity index (χ0) is 9.95. The maximum Gasteiger partial charge on any atom is 0.0869 e. The Labute approximate surface area is 85.5 Å². The SMILES string of the molecule is CC(C)(C)CNCC1(O)CCSC1. The van der Waals surface area contributed by atoms with Crippen LogP contribution < -0.4 is 5.32 Å². The molecule has 1 atom stereocenters. The van der Waals surface area contributed by atoms with Gasteiger partial charge in [-0.2, -0.15) is 11.8 Å². The predicted molar refractivity (Wildman–Crippen MR) is 59.2 cm³/mol. The molecule has 1 rings (SSSR count). The zero-order valence-electron chi connectivity index (χ0n) is 8.89. The van der Waals surface area contributed by atoms with E-state index in [4.69, 9.17) is 0 Å². The largest absolute Gasteiger partial charge is 0.388 e. The van der Waals surface area contributed by atoms with Crippen molar-refractivity contribution < 1.29 is 5.11 Å². The van der Waals surface area contributed by atoms with Gasteiger partial charge in [-0.3, -0.25) is 0 Å². The van der Waals surface area contributed by atoms with Crippen LogP contribution in [0.4, 0.5) is 0 Å². The lowest BCUT2D eigenvalue weighted by Gasteiger charge is -2.25. The number of hydrogen-bond acceptors (Lipinski definition) is 3. The van der Waals surface area contributed by atoms with E-state index in [2.05, 4.69) is 26.1 Å². The summed E-state index contributed by atoms with van der Waals surface area (Å²) in [5.74, 6) is 2.00. The van der Waals surface area contributed by atoms with Gasteiger partial charge in [-0.25, -0.2) is 0 Å². The summed E-state index contributed by atoms with van der Waals surface area (Å²) in [6, 6.07) is 0. The number of rotatable bonds is 3. The third-order valence-electron chi connectivity index (χ3n) is 2.19. The fraction of sp³-hybridized carbons (Fsp3) is 1.00. The Bertz CT molecular complexity index is 159. The summed E-state index contributed by atoms with van der Waals surface area (Å²) in [6.45, 7) is 8.32. The first kappa shape index (κ1) is 11.3. The van der Waals surface area contributed by atoms with Crippen molar-refractivity contribution in [3.8, 4) is 0 Å². The number of hydrogen-bond donors (Lipinski definition) is 2. The van der Waals surface area contributed by atoms with Gasteiger partial charge in [0.1, 0.15) is 0 Å². The Morgan fingerprint density at radius 3 is 2.62 bits per heavy atom. The summed E-state index contributed by atoms with van der Waals surface area (Å²) >= 11 is 1.85. The molecule has 13 heavy (non-hydrogen) atoms. The molecule has 1 unspecified atom stereocenters. The first-order valence-corrected chi connectivity index (χ1v) is 6.08. The molecule has 1 heterocycles. The van der Waals surface area contributed by atoms with E-state index in [0.717, 1.165) is 31.0 Å². The molecular weight excluding hydrogens is 182 g/mol. The minimum absolute atomic E-state index is 0.308. The van der Waals surface area contributed by atoms with Crippen LogP contribution in [0.5, 0.6) is 0 Å². The highest BCUT2D eigenvalue weighted by Gasteiger charge is 2.31. The average Bonchev–Trinajstić information content (AvgIpc) is 2.33. The Morgan fingerprint density at radius 1 is 1.46 bits per heavy atom. The lowest BCUT2D eigenvalue weighted by molar-refractivity contribution is 0.0655. The van der Waals surface area contributed by atoms with Crippen molar-refractivity contribution in [1.82, 2.24) is 5.32 Å². The first-order valence-electron chi connectivity index (χ1n) is 4.92. The molecular formula is C10H21NOS. The van der Waals surface area contributed by atoms with E-state index in [-0.39, 0.29) is 0 Å². The van der Waals surface area contributed by atoms with Gasteiger partial charge in [0, 0.05) is 18.8 Å². The monoisotopic (exact) mass is 203 g/mol. The summed E-state index contributed by atoms with van der Waals surface area (Å²) in [5, 5.41) is 13.3. The molecule has 0 radical (unpaired) electrons. The molecule has 0 saturated carbocycles. The summed E-state index contributed by atoms with van der Waals surface area (Å²) < 4.78 is 0. The molecule has 0 aromatic rings. The van der Waals surface area contributed by atoms with Gasteiger partial charge in [0.2, 0.25) is 0 Å². The van der Waals surface area contributed by atoms with Gasteiger partial charge in [0.25, 0.3) is 0 Å². The molecule has 0 spiro atoms. The number of nitrogens with one attached hydrogen (secondary N) is 1. The van der Waals surface area contributed by atoms with E-state index in [1.165, 1.54) is 0 Å². The molecule has 1 saturated heterocycles. The van der Waals surface area contributed by atoms with Crippen molar-refractivity contribution in [1.29, 1.82) is 0 Å². The molecule has 0 amide bonds. The van der Waals surface area contributed by atoms with Gasteiger partial charge < -0.3 is 10.4 Å². The maximum atomic E-state index is 10.0. The minimum atomic E-state index is -0.435. The lowest BCUT2D eigenvalue weighted by atomic mass is 9.96. The van der Waals surface area contributed by atoms with Gasteiger partial charge in [0.15, 0.2) is 0 Å². The van der Waals surface area contributed by atoms with Crippen LogP contribution in [-0.2, 0) is 0 Å². The van der Waals surface area contributed by atoms with Crippen molar-refractivity contribution >= 4 is 11.8 Å². The van der Waals surface area contributed by atoms with Crippen molar-refractivity contribution in [2.45, 2.75) is 32.8 Å². The van der Waals surface area contributed by atoms with Crippen LogP contribution in [-0.4, -0.2) is 35.3 Å². The van der Waals surface area contributed by atoms with E-state index in [9.17, 15) is 5.11 Å². The summed E-state index contributed by atoms with van der Waals surface area (Å²) in [5.41, 5.74) is -0.127. The zero-order valence-corrected chi connectivity index (χ0v) is 9.71. The Morgan fingerprint density at radius 2 is 2.15 bits per heavy atom. The molecule has 1 fully saturated rings. The minimum Gasteiger partial charge on any atom is -0.388 e. The Hall–Kier alpha value is 0.270. The van der Waals surface area contributed by atoms with Gasteiger partial charge in [-0.1, -0.05) is 20.8 Å². The molecule has 1 aliphatic rings. The average molecular weight is 203 g/mol. The van der Waals surface area contributed by atoms with Gasteiger partial charge in [-0.05, 0) is 17.6 Å². The fourth-order valence-electron chi connectivity index (χ4n) is 1.41. The number of aliphatic hydroxyl groups is 1. The van der Waals surface area contributed by atoms with Crippen LogP contribution in [0.3, 0.4) is 0 Å². The number of thioether (sulfide) groups is 1. The second-order valence-corrected chi connectivity index (χ2v) is 6.30. The van der Waals surface area contributed by atoms with Crippen molar-refractivity contribution in [2.24, 2.45) is 5.41 Å². The predicted octanol–water partition coefficient (Wildman–Crippen LogP) is 1.49. The molecule has 0 bridgehead atoms. The van der Waals surface area contributed by atoms with Gasteiger partial charge >= 0.3 is 0 Å². The third-order valence-corrected chi connectivity index (χ3v) is 3.43. The molecule has 0 aliphatic carbocycles. The third kappa shape index (κ3) is 4.34. The highest BCUT2D eigenvalue weighted by Crippen LogP contribution is 2.27. The van der Waals surface area contributed by atoms with E-state index < -0.39 is 5.60 Å². The van der Waals surface area contributed by atoms with Gasteiger partial charge in [-0.15, -0.1) is 0 Å². The molecule has 0 aromatic heterocycles. The standard InChI is InChI=1S/C10H21NOS/c1-9(2,3)6-11-7-10(12)4-5-13-8-10/h11-12H,4-8H2,1-3H3. The Kier molecular flexibility index (Phi) is 3.66. The highest BCUT2D eigenvalue weighted by molar-refractivity contribution is 7.99. The van der Waals surface area contributed by atoms with Crippen LogP contribution in [0.15, 0.2) is 0 Å². The van der Waals surface area contributed by atoms with Crippen LogP contribution >= 0.6 is 11.8 Å². The van der Waals surface area contributed by atoms with E-state index >= 15 is 0 Å². The summed E-state index contributed by atoms with van der Waals surface area (Å²) in [6.07, 6.45) is 0.939. The van der Waals surface area contributed by atoms with Crippen LogP contribution in [0.25, 0.3) is 0 Å². The van der Waals surface area contributed by atoms with E-state index in [1.54, 1.807) is 0 Å². The first-order chi connectivity index (χ1) is 5.91. The summed E-state index contributed by atoms with van der Waals surface area (Å²) in [4.78, 5) is 0. The van der Waals surface area contributed by atoms with Crippen LogP contribution in [0, 0.1) is 5.41 Å².